The molecule has 2 N–H and O–H groups in total. The van der Waals surface area contributed by atoms with Crippen molar-refractivity contribution in [1.29, 1.82) is 0 Å². The molecular formula is C10H17NO4. The molecule has 0 fully saturated rings. The molecule has 0 bridgehead atoms. The lowest BCUT2D eigenvalue weighted by molar-refractivity contribution is -0.122. The predicted molar refractivity (Wildman–Crippen MR) is 53.9 cm³/mol. The zero-order valence-corrected chi connectivity index (χ0v) is 8.86. The Morgan fingerprint density at radius 1 is 1.67 bits per heavy atom. The van der Waals surface area contributed by atoms with Gasteiger partial charge in [0.15, 0.2) is 0 Å². The van der Waals surface area contributed by atoms with Crippen LogP contribution in [0.15, 0.2) is 12.0 Å². The predicted octanol–water partition coefficient (Wildman–Crippen LogP) is 0.152. The van der Waals surface area contributed by atoms with Crippen molar-refractivity contribution in [2.45, 2.75) is 25.8 Å². The number of rotatable bonds is 5. The SMILES string of the molecule is CC(CCCO)NC(=O)C1=COCCO1. The lowest BCUT2D eigenvalue weighted by atomic mass is 10.2. The third-order valence-electron chi connectivity index (χ3n) is 2.05. The molecule has 1 heterocycles. The van der Waals surface area contributed by atoms with Crippen LogP contribution in [0.4, 0.5) is 0 Å². The van der Waals surface area contributed by atoms with Crippen LogP contribution in [0.3, 0.4) is 0 Å². The molecule has 0 saturated heterocycles. The van der Waals surface area contributed by atoms with Crippen LogP contribution < -0.4 is 5.32 Å². The molecule has 0 radical (unpaired) electrons. The smallest absolute Gasteiger partial charge is 0.289 e. The highest BCUT2D eigenvalue weighted by Crippen LogP contribution is 2.05. The van der Waals surface area contributed by atoms with Gasteiger partial charge in [0.2, 0.25) is 5.76 Å². The van der Waals surface area contributed by atoms with E-state index in [0.717, 1.165) is 6.42 Å². The van der Waals surface area contributed by atoms with E-state index < -0.39 is 0 Å². The van der Waals surface area contributed by atoms with Gasteiger partial charge >= 0.3 is 0 Å². The quantitative estimate of drug-likeness (QED) is 0.685. The number of aliphatic hydroxyl groups is 1. The number of aliphatic hydroxyl groups excluding tert-OH is 1. The van der Waals surface area contributed by atoms with Gasteiger partial charge in [-0.05, 0) is 19.8 Å². The largest absolute Gasteiger partial charge is 0.494 e. The molecule has 1 rings (SSSR count). The van der Waals surface area contributed by atoms with Crippen molar-refractivity contribution in [3.05, 3.63) is 12.0 Å². The van der Waals surface area contributed by atoms with E-state index in [2.05, 4.69) is 5.32 Å². The number of ether oxygens (including phenoxy) is 2. The maximum absolute atomic E-state index is 11.5. The number of hydrogen-bond donors (Lipinski definition) is 2. The molecule has 0 aromatic heterocycles. The molecule has 1 aliphatic heterocycles. The van der Waals surface area contributed by atoms with Crippen molar-refractivity contribution in [3.63, 3.8) is 0 Å². The third-order valence-corrected chi connectivity index (χ3v) is 2.05. The van der Waals surface area contributed by atoms with Crippen molar-refractivity contribution in [2.24, 2.45) is 0 Å². The van der Waals surface area contributed by atoms with E-state index in [9.17, 15) is 4.79 Å². The Hall–Kier alpha value is -1.23. The molecule has 0 aromatic carbocycles. The summed E-state index contributed by atoms with van der Waals surface area (Å²) < 4.78 is 10.1. The van der Waals surface area contributed by atoms with Crippen molar-refractivity contribution in [1.82, 2.24) is 5.32 Å². The minimum absolute atomic E-state index is 0.0241. The maximum atomic E-state index is 11.5. The first kappa shape index (κ1) is 11.8. The number of carbonyl (C=O) groups excluding carboxylic acids is 1. The Bertz CT molecular complexity index is 240. The van der Waals surface area contributed by atoms with Gasteiger partial charge in [0.1, 0.15) is 19.5 Å². The van der Waals surface area contributed by atoms with Crippen LogP contribution >= 0.6 is 0 Å². The molecule has 5 heteroatoms. The van der Waals surface area contributed by atoms with Crippen LogP contribution in [0.25, 0.3) is 0 Å². The number of hydrogen-bond acceptors (Lipinski definition) is 4. The summed E-state index contributed by atoms with van der Waals surface area (Å²) in [7, 11) is 0. The van der Waals surface area contributed by atoms with Gasteiger partial charge in [-0.3, -0.25) is 4.79 Å². The summed E-state index contributed by atoms with van der Waals surface area (Å²) in [5.41, 5.74) is 0. The summed E-state index contributed by atoms with van der Waals surface area (Å²) in [6.45, 7) is 2.92. The van der Waals surface area contributed by atoms with Gasteiger partial charge in [0.05, 0.1) is 0 Å². The number of amides is 1. The highest BCUT2D eigenvalue weighted by molar-refractivity contribution is 5.91. The molecule has 5 nitrogen and oxygen atoms in total. The van der Waals surface area contributed by atoms with E-state index >= 15 is 0 Å². The number of nitrogens with one attached hydrogen (secondary N) is 1. The molecule has 15 heavy (non-hydrogen) atoms. The zero-order chi connectivity index (χ0) is 11.1. The lowest BCUT2D eigenvalue weighted by Gasteiger charge is -2.17. The molecule has 1 unspecified atom stereocenters. The van der Waals surface area contributed by atoms with E-state index in [1.807, 2.05) is 6.92 Å². The highest BCUT2D eigenvalue weighted by atomic mass is 16.6. The fourth-order valence-corrected chi connectivity index (χ4v) is 1.25. The van der Waals surface area contributed by atoms with Crippen molar-refractivity contribution < 1.29 is 19.4 Å². The molecule has 0 spiro atoms. The molecule has 1 aliphatic rings. The van der Waals surface area contributed by atoms with Crippen LogP contribution in [-0.2, 0) is 14.3 Å². The van der Waals surface area contributed by atoms with Gasteiger partial charge in [-0.1, -0.05) is 0 Å². The van der Waals surface area contributed by atoms with Crippen LogP contribution in [-0.4, -0.2) is 36.9 Å². The first-order chi connectivity index (χ1) is 7.24. The summed E-state index contributed by atoms with van der Waals surface area (Å²) >= 11 is 0. The number of carbonyl (C=O) groups is 1. The summed E-state index contributed by atoms with van der Waals surface area (Å²) in [5, 5.41) is 11.4. The molecule has 86 valence electrons. The molecule has 0 aromatic rings. The van der Waals surface area contributed by atoms with Gasteiger partial charge < -0.3 is 19.9 Å². The fourth-order valence-electron chi connectivity index (χ4n) is 1.25. The van der Waals surface area contributed by atoms with Gasteiger partial charge in [-0.2, -0.15) is 0 Å². The maximum Gasteiger partial charge on any atom is 0.289 e. The summed E-state index contributed by atoms with van der Waals surface area (Å²) in [6.07, 6.45) is 2.76. The highest BCUT2D eigenvalue weighted by Gasteiger charge is 2.16. The molecule has 1 amide bonds. The third kappa shape index (κ3) is 4.20. The van der Waals surface area contributed by atoms with Crippen LogP contribution in [0.2, 0.25) is 0 Å². The van der Waals surface area contributed by atoms with Gasteiger partial charge in [0.25, 0.3) is 5.91 Å². The molecule has 0 saturated carbocycles. The Morgan fingerprint density at radius 2 is 2.47 bits per heavy atom. The van der Waals surface area contributed by atoms with Gasteiger partial charge in [-0.25, -0.2) is 0 Å². The Labute approximate surface area is 89.1 Å². The van der Waals surface area contributed by atoms with E-state index in [1.165, 1.54) is 6.26 Å². The summed E-state index contributed by atoms with van der Waals surface area (Å²) in [4.78, 5) is 11.5. The summed E-state index contributed by atoms with van der Waals surface area (Å²) in [6, 6.07) is 0.0241. The lowest BCUT2D eigenvalue weighted by Crippen LogP contribution is -2.35. The fraction of sp³-hybridized carbons (Fsp3) is 0.700. The topological polar surface area (TPSA) is 67.8 Å². The van der Waals surface area contributed by atoms with Crippen LogP contribution in [0, 0.1) is 0 Å². The Morgan fingerprint density at radius 3 is 3.07 bits per heavy atom. The van der Waals surface area contributed by atoms with Crippen molar-refractivity contribution in [2.75, 3.05) is 19.8 Å². The standard InChI is InChI=1S/C10H17NO4/c1-8(3-2-4-12)11-10(13)9-7-14-5-6-15-9/h7-8,12H,2-6H2,1H3,(H,11,13). The van der Waals surface area contributed by atoms with E-state index in [0.29, 0.717) is 19.6 Å². The van der Waals surface area contributed by atoms with Crippen LogP contribution in [0.1, 0.15) is 19.8 Å². The Kier molecular flexibility index (Phi) is 4.97. The first-order valence-corrected chi connectivity index (χ1v) is 5.10. The van der Waals surface area contributed by atoms with Gasteiger partial charge in [0, 0.05) is 12.6 Å². The van der Waals surface area contributed by atoms with E-state index in [-0.39, 0.29) is 24.3 Å². The monoisotopic (exact) mass is 215 g/mol. The van der Waals surface area contributed by atoms with E-state index in [4.69, 9.17) is 14.6 Å². The Balaban J connectivity index is 2.30. The second-order valence-corrected chi connectivity index (χ2v) is 3.44. The van der Waals surface area contributed by atoms with E-state index in [1.54, 1.807) is 0 Å². The van der Waals surface area contributed by atoms with Crippen molar-refractivity contribution in [3.8, 4) is 0 Å². The van der Waals surface area contributed by atoms with Gasteiger partial charge in [-0.15, -0.1) is 0 Å². The second-order valence-electron chi connectivity index (χ2n) is 3.44. The molecular weight excluding hydrogens is 198 g/mol. The minimum atomic E-state index is -0.264. The van der Waals surface area contributed by atoms with Crippen LogP contribution in [0.5, 0.6) is 0 Å². The second kappa shape index (κ2) is 6.29. The molecule has 0 aliphatic carbocycles. The average molecular weight is 215 g/mol. The minimum Gasteiger partial charge on any atom is -0.494 e. The molecule has 1 atom stereocenters. The van der Waals surface area contributed by atoms with Crippen molar-refractivity contribution >= 4 is 5.91 Å². The average Bonchev–Trinajstić information content (AvgIpc) is 2.27. The first-order valence-electron chi connectivity index (χ1n) is 5.10. The normalized spacial score (nSPS) is 17.1. The summed E-state index contributed by atoms with van der Waals surface area (Å²) in [5.74, 6) is -0.0442. The zero-order valence-electron chi connectivity index (χ0n) is 8.86.